The van der Waals surface area contributed by atoms with E-state index in [-0.39, 0.29) is 23.8 Å². The Hall–Kier alpha value is -2.65. The van der Waals surface area contributed by atoms with Gasteiger partial charge in [0, 0.05) is 44.7 Å². The van der Waals surface area contributed by atoms with Crippen LogP contribution in [0.15, 0.2) is 28.2 Å². The van der Waals surface area contributed by atoms with Crippen molar-refractivity contribution < 1.29 is 8.78 Å². The molecule has 0 amide bonds. The summed E-state index contributed by atoms with van der Waals surface area (Å²) >= 11 is 0. The van der Waals surface area contributed by atoms with Gasteiger partial charge in [0.2, 0.25) is 0 Å². The highest BCUT2D eigenvalue weighted by atomic mass is 19.1. The summed E-state index contributed by atoms with van der Waals surface area (Å²) in [5.74, 6) is 1.09. The third-order valence-corrected chi connectivity index (χ3v) is 7.31. The first-order valence-electron chi connectivity index (χ1n) is 12.6. The van der Waals surface area contributed by atoms with E-state index in [0.717, 1.165) is 56.0 Å². The predicted octanol–water partition coefficient (Wildman–Crippen LogP) is 3.94. The van der Waals surface area contributed by atoms with Gasteiger partial charge in [0.25, 0.3) is 0 Å². The molecular formula is C26H37F2N7. The smallest absolute Gasteiger partial charge is 0.192 e. The van der Waals surface area contributed by atoms with Gasteiger partial charge in [0.15, 0.2) is 11.7 Å². The van der Waals surface area contributed by atoms with Crippen molar-refractivity contribution in [3.05, 3.63) is 52.6 Å². The zero-order valence-electron chi connectivity index (χ0n) is 21.1. The molecule has 190 valence electrons. The number of aliphatic imine (C=N–C) groups is 2. The van der Waals surface area contributed by atoms with E-state index < -0.39 is 5.82 Å². The monoisotopic (exact) mass is 485 g/mol. The molecule has 1 aliphatic heterocycles. The Bertz CT molecular complexity index is 1120. The predicted molar refractivity (Wildman–Crippen MR) is 135 cm³/mol. The van der Waals surface area contributed by atoms with E-state index in [0.29, 0.717) is 29.7 Å². The Morgan fingerprint density at radius 2 is 1.97 bits per heavy atom. The zero-order chi connectivity index (χ0) is 25.3. The molecule has 7 nitrogen and oxygen atoms in total. The summed E-state index contributed by atoms with van der Waals surface area (Å²) in [6.45, 7) is 8.20. The number of imidazole rings is 1. The van der Waals surface area contributed by atoms with E-state index >= 15 is 0 Å². The molecule has 0 saturated heterocycles. The lowest BCUT2D eigenvalue weighted by Crippen LogP contribution is -2.40. The van der Waals surface area contributed by atoms with Crippen molar-refractivity contribution in [2.75, 3.05) is 7.05 Å². The number of halogens is 2. The van der Waals surface area contributed by atoms with Gasteiger partial charge in [-0.1, -0.05) is 6.92 Å². The lowest BCUT2D eigenvalue weighted by Gasteiger charge is -2.33. The highest BCUT2D eigenvalue weighted by molar-refractivity contribution is 6.03. The topological polar surface area (TPSA) is 97.8 Å². The van der Waals surface area contributed by atoms with Crippen molar-refractivity contribution in [1.29, 1.82) is 0 Å². The summed E-state index contributed by atoms with van der Waals surface area (Å²) in [5, 5.41) is 0. The van der Waals surface area contributed by atoms with E-state index in [9.17, 15) is 8.78 Å². The minimum atomic E-state index is -0.413. The average Bonchev–Trinajstić information content (AvgIpc) is 3.47. The molecule has 1 aliphatic carbocycles. The number of nitrogens with two attached hydrogens (primary N) is 2. The van der Waals surface area contributed by atoms with Crippen LogP contribution in [-0.2, 0) is 19.6 Å². The molecule has 1 aromatic heterocycles. The normalized spacial score (nSPS) is 19.6. The number of nitrogens with zero attached hydrogens (tertiary/aromatic N) is 5. The third-order valence-electron chi connectivity index (χ3n) is 7.31. The Morgan fingerprint density at radius 1 is 1.23 bits per heavy atom. The second-order valence-corrected chi connectivity index (χ2v) is 9.77. The molecule has 9 heteroatoms. The fraction of sp³-hybridized carbons (Fsp3) is 0.577. The summed E-state index contributed by atoms with van der Waals surface area (Å²) in [4.78, 5) is 15.9. The molecule has 0 bridgehead atoms. The molecule has 0 radical (unpaired) electrons. The first kappa shape index (κ1) is 25.4. The van der Waals surface area contributed by atoms with Crippen molar-refractivity contribution in [3.63, 3.8) is 0 Å². The summed E-state index contributed by atoms with van der Waals surface area (Å²) < 4.78 is 30.8. The van der Waals surface area contributed by atoms with Crippen LogP contribution in [-0.4, -0.2) is 45.3 Å². The molecule has 4 N–H and O–H groups in total. The molecule has 0 spiro atoms. The second-order valence-electron chi connectivity index (χ2n) is 9.77. The van der Waals surface area contributed by atoms with Crippen LogP contribution in [0.5, 0.6) is 0 Å². The van der Waals surface area contributed by atoms with E-state index in [1.807, 2.05) is 0 Å². The lowest BCUT2D eigenvalue weighted by atomic mass is 9.83. The number of amidine groups is 2. The van der Waals surface area contributed by atoms with Crippen LogP contribution in [0.25, 0.3) is 0 Å². The van der Waals surface area contributed by atoms with Gasteiger partial charge in [-0.05, 0) is 69.2 Å². The van der Waals surface area contributed by atoms with Gasteiger partial charge in [-0.2, -0.15) is 0 Å². The Kier molecular flexibility index (Phi) is 7.66. The van der Waals surface area contributed by atoms with Gasteiger partial charge in [-0.15, -0.1) is 0 Å². The van der Waals surface area contributed by atoms with Crippen molar-refractivity contribution in [3.8, 4) is 0 Å². The molecule has 3 atom stereocenters. The number of benzene rings is 1. The van der Waals surface area contributed by atoms with E-state index in [4.69, 9.17) is 16.5 Å². The summed E-state index contributed by atoms with van der Waals surface area (Å²) in [5.41, 5.74) is 15.1. The van der Waals surface area contributed by atoms with E-state index in [1.165, 1.54) is 18.2 Å². The highest BCUT2D eigenvalue weighted by Gasteiger charge is 2.40. The van der Waals surface area contributed by atoms with Crippen LogP contribution in [0.3, 0.4) is 0 Å². The number of fused-ring (bicyclic) bond motifs is 1. The largest absolute Gasteiger partial charge is 0.387 e. The molecule has 1 aromatic carbocycles. The standard InChI is InChI=1S/C26H37F2N7/c1-5-18(12-21(30)24(16-7-8-16)19-11-17(27)9-10-20(19)28)34-13-22-23(14-34)35(6-2)26(33-22)25(31-4)32-15(3)29/h9-11,16,18,21,24H,5-8,12-14,30H2,1-4H3,(H2,29,31,32)/t18?,21?,24-/m1/s1. The second kappa shape index (κ2) is 10.5. The molecule has 1 saturated carbocycles. The quantitative estimate of drug-likeness (QED) is 0.415. The van der Waals surface area contributed by atoms with Crippen molar-refractivity contribution in [1.82, 2.24) is 14.5 Å². The molecular weight excluding hydrogens is 448 g/mol. The van der Waals surface area contributed by atoms with Crippen LogP contribution in [0.2, 0.25) is 0 Å². The molecule has 35 heavy (non-hydrogen) atoms. The van der Waals surface area contributed by atoms with Crippen LogP contribution in [0, 0.1) is 17.6 Å². The van der Waals surface area contributed by atoms with Crippen LogP contribution in [0.1, 0.15) is 75.1 Å². The van der Waals surface area contributed by atoms with Crippen LogP contribution in [0.4, 0.5) is 8.78 Å². The lowest BCUT2D eigenvalue weighted by molar-refractivity contribution is 0.165. The molecule has 2 aliphatic rings. The van der Waals surface area contributed by atoms with Gasteiger partial charge in [-0.3, -0.25) is 9.89 Å². The van der Waals surface area contributed by atoms with Crippen LogP contribution < -0.4 is 11.5 Å². The maximum absolute atomic E-state index is 14.7. The van der Waals surface area contributed by atoms with Gasteiger partial charge < -0.3 is 16.0 Å². The van der Waals surface area contributed by atoms with Crippen LogP contribution >= 0.6 is 0 Å². The molecule has 1 fully saturated rings. The van der Waals surface area contributed by atoms with Gasteiger partial charge in [0.05, 0.1) is 17.2 Å². The van der Waals surface area contributed by atoms with Gasteiger partial charge >= 0.3 is 0 Å². The third kappa shape index (κ3) is 5.30. The number of hydrogen-bond acceptors (Lipinski definition) is 4. The van der Waals surface area contributed by atoms with Gasteiger partial charge in [0.1, 0.15) is 11.6 Å². The minimum Gasteiger partial charge on any atom is -0.387 e. The number of rotatable bonds is 9. The first-order valence-corrected chi connectivity index (χ1v) is 12.6. The van der Waals surface area contributed by atoms with E-state index in [2.05, 4.69) is 33.3 Å². The Morgan fingerprint density at radius 3 is 2.57 bits per heavy atom. The molecule has 2 unspecified atom stereocenters. The minimum absolute atomic E-state index is 0.167. The molecule has 2 heterocycles. The SMILES string of the molecule is CCC(CC(N)[C@@H](c1cc(F)ccc1F)C1CC1)N1Cc2nc(C(N=C(C)N)=NC)n(CC)c2C1. The maximum Gasteiger partial charge on any atom is 0.192 e. The Balaban J connectivity index is 1.52. The summed E-state index contributed by atoms with van der Waals surface area (Å²) in [7, 11) is 1.69. The molecule has 4 rings (SSSR count). The van der Waals surface area contributed by atoms with Gasteiger partial charge in [-0.25, -0.2) is 18.8 Å². The summed E-state index contributed by atoms with van der Waals surface area (Å²) in [6.07, 6.45) is 3.66. The average molecular weight is 486 g/mol. The zero-order valence-corrected chi connectivity index (χ0v) is 21.1. The fourth-order valence-electron chi connectivity index (χ4n) is 5.51. The van der Waals surface area contributed by atoms with E-state index in [1.54, 1.807) is 14.0 Å². The fourth-order valence-corrected chi connectivity index (χ4v) is 5.51. The number of aromatic nitrogens is 2. The maximum atomic E-state index is 14.7. The van der Waals surface area contributed by atoms with Crippen molar-refractivity contribution >= 4 is 11.7 Å². The van der Waals surface area contributed by atoms with Crippen molar-refractivity contribution in [2.24, 2.45) is 27.4 Å². The molecule has 2 aromatic rings. The number of hydrogen-bond donors (Lipinski definition) is 2. The highest BCUT2D eigenvalue weighted by Crippen LogP contribution is 2.46. The van der Waals surface area contributed by atoms with Crippen molar-refractivity contribution in [2.45, 2.75) is 84.1 Å². The first-order chi connectivity index (χ1) is 16.8. The summed E-state index contributed by atoms with van der Waals surface area (Å²) in [6, 6.07) is 3.69. The Labute approximate surface area is 206 Å².